The van der Waals surface area contributed by atoms with Gasteiger partial charge in [-0.05, 0) is 0 Å². The number of benzene rings is 2. The maximum absolute atomic E-state index is 3.55. The summed E-state index contributed by atoms with van der Waals surface area (Å²) in [7, 11) is 0. The zero-order valence-electron chi connectivity index (χ0n) is 23.5. The van der Waals surface area contributed by atoms with Gasteiger partial charge in [0.15, 0.2) is 0 Å². The van der Waals surface area contributed by atoms with Crippen molar-refractivity contribution in [2.75, 3.05) is 0 Å². The Bertz CT molecular complexity index is 1140. The summed E-state index contributed by atoms with van der Waals surface area (Å²) < 4.78 is 7.19. The fourth-order valence-electron chi connectivity index (χ4n) is 7.31. The minimum absolute atomic E-state index is 0.473. The molecule has 2 aromatic carbocycles. The molecule has 4 rings (SSSR count). The second-order valence-electron chi connectivity index (χ2n) is 11.9. The van der Waals surface area contributed by atoms with Gasteiger partial charge in [0.05, 0.1) is 0 Å². The van der Waals surface area contributed by atoms with Gasteiger partial charge in [-0.25, -0.2) is 0 Å². The number of unbranched alkanes of at least 4 members (excludes halogenated alkanes) is 2. The Morgan fingerprint density at radius 1 is 0.629 bits per heavy atom. The van der Waals surface area contributed by atoms with Crippen molar-refractivity contribution in [2.24, 2.45) is 0 Å². The van der Waals surface area contributed by atoms with Crippen molar-refractivity contribution >= 4 is 18.4 Å². The molecule has 35 heavy (non-hydrogen) atoms. The van der Waals surface area contributed by atoms with Crippen molar-refractivity contribution in [3.05, 3.63) is 80.9 Å². The first-order chi connectivity index (χ1) is 16.8. The Morgan fingerprint density at radius 2 is 1.06 bits per heavy atom. The van der Waals surface area contributed by atoms with E-state index >= 15 is 0 Å². The summed E-state index contributed by atoms with van der Waals surface area (Å²) in [5.41, 5.74) is 13.0. The average molecular weight is 651 g/mol. The number of hydrogen-bond acceptors (Lipinski definition) is 0. The van der Waals surface area contributed by atoms with E-state index < -0.39 is 17.1 Å². The molecule has 0 N–H and O–H groups in total. The molecule has 2 heteroatoms. The summed E-state index contributed by atoms with van der Waals surface area (Å²) in [4.78, 5) is 0. The third kappa shape index (κ3) is 4.61. The summed E-state index contributed by atoms with van der Waals surface area (Å²) in [6.07, 6.45) is 19.7. The van der Waals surface area contributed by atoms with Crippen LogP contribution in [0, 0.1) is 0 Å². The molecule has 0 aromatic heterocycles. The van der Waals surface area contributed by atoms with Crippen molar-refractivity contribution in [3.63, 3.8) is 0 Å². The summed E-state index contributed by atoms with van der Waals surface area (Å²) in [5.74, 6) is 0. The molecule has 0 spiro atoms. The zero-order valence-corrected chi connectivity index (χ0v) is 28.3. The quantitative estimate of drug-likeness (QED) is 0.177. The van der Waals surface area contributed by atoms with Crippen molar-refractivity contribution in [1.29, 1.82) is 0 Å². The molecule has 2 aliphatic carbocycles. The molecule has 188 valence electrons. The van der Waals surface area contributed by atoms with Crippen LogP contribution in [0.3, 0.4) is 0 Å². The van der Waals surface area contributed by atoms with E-state index in [2.05, 4.69) is 92.5 Å². The molecule has 0 saturated carbocycles. The molecule has 0 amide bonds. The minimum atomic E-state index is -3.55. The van der Waals surface area contributed by atoms with Gasteiger partial charge < -0.3 is 0 Å². The molecule has 0 bridgehead atoms. The molecule has 2 atom stereocenters. The summed E-state index contributed by atoms with van der Waals surface area (Å²) in [6, 6.07) is 11.3. The first kappa shape index (κ1) is 27.1. The molecule has 0 aliphatic heterocycles. The second kappa shape index (κ2) is 10.8. The first-order valence-electron chi connectivity index (χ1n) is 14.5. The molecule has 0 heterocycles. The zero-order chi connectivity index (χ0) is 25.2. The summed E-state index contributed by atoms with van der Waals surface area (Å²) >= 11 is -3.55. The molecular weight excluding hydrogens is 603 g/mol. The predicted octanol–water partition coefficient (Wildman–Crippen LogP) is 9.52. The van der Waals surface area contributed by atoms with E-state index in [4.69, 9.17) is 0 Å². The van der Waals surface area contributed by atoms with Gasteiger partial charge in [-0.1, -0.05) is 0 Å². The predicted molar refractivity (Wildman–Crippen MR) is 157 cm³/mol. The molecule has 2 aliphatic rings. The van der Waals surface area contributed by atoms with Crippen LogP contribution < -0.4 is 0 Å². The van der Waals surface area contributed by atoms with Crippen LogP contribution in [0.2, 0.25) is 15.4 Å². The van der Waals surface area contributed by atoms with Gasteiger partial charge in [0.25, 0.3) is 0 Å². The van der Waals surface area contributed by atoms with Crippen molar-refractivity contribution in [2.45, 2.75) is 102 Å². The normalized spacial score (nSPS) is 18.7. The Kier molecular flexibility index (Phi) is 8.33. The monoisotopic (exact) mass is 652 g/mol. The van der Waals surface area contributed by atoms with Crippen LogP contribution in [0.4, 0.5) is 0 Å². The number of allylic oxidation sites excluding steroid dienone is 2. The van der Waals surface area contributed by atoms with E-state index in [0.717, 1.165) is 25.7 Å². The van der Waals surface area contributed by atoms with Crippen LogP contribution in [-0.2, 0) is 42.8 Å². The number of fused-ring (bicyclic) bond motifs is 2. The SMILES string of the molecule is CCCCC[SiH]=[Hf]([CH3])([CH3])([CH]1C=Cc2c(CC)ccc(CC)c21)[CH]1C=Cc2c(CC)ccc(CC)c21. The van der Waals surface area contributed by atoms with Crippen LogP contribution in [0.5, 0.6) is 0 Å². The number of hydrogen-bond donors (Lipinski definition) is 0. The van der Waals surface area contributed by atoms with Crippen LogP contribution >= 0.6 is 0 Å². The Hall–Kier alpha value is -0.993. The molecule has 0 radical (unpaired) electrons. The van der Waals surface area contributed by atoms with Crippen molar-refractivity contribution in [3.8, 4) is 0 Å². The van der Waals surface area contributed by atoms with E-state index in [9.17, 15) is 0 Å². The third-order valence-corrected chi connectivity index (χ3v) is 52.0. The van der Waals surface area contributed by atoms with E-state index in [1.54, 1.807) is 44.5 Å². The summed E-state index contributed by atoms with van der Waals surface area (Å²) in [5, 5.41) is 0. The van der Waals surface area contributed by atoms with E-state index in [1.807, 2.05) is 0 Å². The van der Waals surface area contributed by atoms with Gasteiger partial charge in [-0.3, -0.25) is 0 Å². The average Bonchev–Trinajstić information content (AvgIpc) is 3.53. The van der Waals surface area contributed by atoms with Gasteiger partial charge in [0, 0.05) is 0 Å². The van der Waals surface area contributed by atoms with Gasteiger partial charge in [-0.2, -0.15) is 0 Å². The molecule has 2 unspecified atom stereocenters. The van der Waals surface area contributed by atoms with Crippen LogP contribution in [0.25, 0.3) is 12.2 Å². The third-order valence-electron chi connectivity index (χ3n) is 9.55. The standard InChI is InChI=1S/2C13H15.C5H12Si.2CH3.Hf/c2*1-3-10-8-9-11(4-2)13-7-5-6-12(10)13;1-2-3-4-5-6;;;/h2*5-9H,3-4H2,1-2H3;6H,2-5H2,1H3;2*1H3;. The fourth-order valence-corrected chi connectivity index (χ4v) is 46.7. The Morgan fingerprint density at radius 3 is 1.46 bits per heavy atom. The number of rotatable bonds is 10. The molecular formula is C33H48HfSi. The number of aryl methyl sites for hydroxylation is 4. The van der Waals surface area contributed by atoms with Crippen molar-refractivity contribution in [1.82, 2.24) is 0 Å². The van der Waals surface area contributed by atoms with Crippen LogP contribution in [0.1, 0.15) is 106 Å². The Labute approximate surface area is 217 Å². The topological polar surface area (TPSA) is 0 Å². The Balaban J connectivity index is 1.98. The molecule has 0 saturated heterocycles. The van der Waals surface area contributed by atoms with Gasteiger partial charge >= 0.3 is 219 Å². The fraction of sp³-hybridized carbons (Fsp3) is 0.515. The van der Waals surface area contributed by atoms with E-state index in [-0.39, 0.29) is 0 Å². The van der Waals surface area contributed by atoms with Crippen LogP contribution in [-0.4, -0.2) is 6.22 Å². The first-order valence-corrected chi connectivity index (χ1v) is 33.5. The van der Waals surface area contributed by atoms with Gasteiger partial charge in [0.2, 0.25) is 0 Å². The van der Waals surface area contributed by atoms with E-state index in [1.165, 1.54) is 25.3 Å². The van der Waals surface area contributed by atoms with E-state index in [0.29, 0.717) is 13.6 Å². The maximum atomic E-state index is 2.91. The molecule has 2 aromatic rings. The molecule has 0 fully saturated rings. The van der Waals surface area contributed by atoms with Crippen molar-refractivity contribution < 1.29 is 17.1 Å². The summed E-state index contributed by atoms with van der Waals surface area (Å²) in [6.45, 7) is 11.8. The van der Waals surface area contributed by atoms with Crippen LogP contribution in [0.15, 0.2) is 36.4 Å². The van der Waals surface area contributed by atoms with Gasteiger partial charge in [-0.15, -0.1) is 0 Å². The second-order valence-corrected chi connectivity index (χ2v) is 56.3. The van der Waals surface area contributed by atoms with Gasteiger partial charge in [0.1, 0.15) is 0 Å². The molecule has 0 nitrogen and oxygen atoms in total.